The van der Waals surface area contributed by atoms with Crippen LogP contribution in [-0.2, 0) is 4.84 Å². The molecule has 4 heteroatoms. The van der Waals surface area contributed by atoms with E-state index in [2.05, 4.69) is 5.48 Å². The lowest BCUT2D eigenvalue weighted by atomic mass is 10.1. The smallest absolute Gasteiger partial charge is 0.146 e. The van der Waals surface area contributed by atoms with Crippen molar-refractivity contribution in [2.24, 2.45) is 0 Å². The van der Waals surface area contributed by atoms with E-state index < -0.39 is 0 Å². The van der Waals surface area contributed by atoms with Gasteiger partial charge in [0.25, 0.3) is 0 Å². The Morgan fingerprint density at radius 3 is 3.08 bits per heavy atom. The molecule has 1 aliphatic rings. The first-order valence-electron chi connectivity index (χ1n) is 4.10. The largest absolute Gasteiger partial charge is 0.301 e. The van der Waals surface area contributed by atoms with Gasteiger partial charge in [-0.25, -0.2) is 4.39 Å². The Bertz CT molecular complexity index is 312. The van der Waals surface area contributed by atoms with Gasteiger partial charge in [-0.1, -0.05) is 23.7 Å². The van der Waals surface area contributed by atoms with E-state index in [1.54, 1.807) is 12.1 Å². The highest BCUT2D eigenvalue weighted by atomic mass is 35.5. The Balaban J connectivity index is 2.33. The second kappa shape index (κ2) is 3.62. The Kier molecular flexibility index (Phi) is 2.49. The first kappa shape index (κ1) is 8.94. The third-order valence-corrected chi connectivity index (χ3v) is 2.38. The van der Waals surface area contributed by atoms with Gasteiger partial charge in [0.15, 0.2) is 0 Å². The minimum Gasteiger partial charge on any atom is -0.301 e. The van der Waals surface area contributed by atoms with Crippen LogP contribution in [0.4, 0.5) is 4.39 Å². The molecular weight excluding hydrogens is 193 g/mol. The molecule has 1 saturated heterocycles. The molecule has 1 fully saturated rings. The molecule has 0 saturated carbocycles. The van der Waals surface area contributed by atoms with Crippen LogP contribution in [0.2, 0.25) is 5.02 Å². The van der Waals surface area contributed by atoms with Gasteiger partial charge in [0.2, 0.25) is 0 Å². The molecule has 0 aliphatic carbocycles. The van der Waals surface area contributed by atoms with Gasteiger partial charge in [0.1, 0.15) is 5.82 Å². The van der Waals surface area contributed by atoms with Gasteiger partial charge in [0, 0.05) is 5.56 Å². The van der Waals surface area contributed by atoms with Gasteiger partial charge in [-0.15, -0.1) is 0 Å². The topological polar surface area (TPSA) is 21.3 Å². The van der Waals surface area contributed by atoms with E-state index in [0.717, 1.165) is 6.42 Å². The van der Waals surface area contributed by atoms with Gasteiger partial charge in [-0.2, -0.15) is 5.48 Å². The van der Waals surface area contributed by atoms with Crippen LogP contribution in [0.1, 0.15) is 18.0 Å². The van der Waals surface area contributed by atoms with Crippen LogP contribution in [0.25, 0.3) is 0 Å². The molecule has 1 aliphatic heterocycles. The molecular formula is C9H9ClFNO. The predicted octanol–water partition coefficient (Wildman–Crippen LogP) is 2.45. The maximum absolute atomic E-state index is 13.4. The summed E-state index contributed by atoms with van der Waals surface area (Å²) in [6.45, 7) is 0.608. The average Bonchev–Trinajstić information content (AvgIpc) is 2.62. The van der Waals surface area contributed by atoms with Crippen LogP contribution in [0, 0.1) is 5.82 Å². The summed E-state index contributed by atoms with van der Waals surface area (Å²) in [5.41, 5.74) is 3.32. The Hall–Kier alpha value is -0.640. The normalized spacial score (nSPS) is 22.2. The third kappa shape index (κ3) is 1.68. The monoisotopic (exact) mass is 201 g/mol. The second-order valence-electron chi connectivity index (χ2n) is 2.95. The highest BCUT2D eigenvalue weighted by molar-refractivity contribution is 6.30. The van der Waals surface area contributed by atoms with Crippen LogP contribution in [0.15, 0.2) is 18.2 Å². The molecule has 2 rings (SSSR count). The molecule has 1 unspecified atom stereocenters. The van der Waals surface area contributed by atoms with Gasteiger partial charge in [-0.3, -0.25) is 0 Å². The van der Waals surface area contributed by atoms with Crippen molar-refractivity contribution in [3.05, 3.63) is 34.6 Å². The molecule has 0 amide bonds. The van der Waals surface area contributed by atoms with E-state index in [9.17, 15) is 4.39 Å². The lowest BCUT2D eigenvalue weighted by molar-refractivity contribution is 0.0877. The van der Waals surface area contributed by atoms with Crippen LogP contribution in [-0.4, -0.2) is 6.61 Å². The van der Waals surface area contributed by atoms with Gasteiger partial charge in [-0.05, 0) is 12.5 Å². The molecule has 1 N–H and O–H groups in total. The van der Waals surface area contributed by atoms with E-state index >= 15 is 0 Å². The molecule has 70 valence electrons. The molecule has 0 spiro atoms. The maximum atomic E-state index is 13.4. The van der Waals surface area contributed by atoms with Crippen molar-refractivity contribution < 1.29 is 9.23 Å². The third-order valence-electron chi connectivity index (χ3n) is 2.09. The number of nitrogens with one attached hydrogen (secondary N) is 1. The maximum Gasteiger partial charge on any atom is 0.146 e. The van der Waals surface area contributed by atoms with Gasteiger partial charge < -0.3 is 4.84 Å². The molecule has 13 heavy (non-hydrogen) atoms. The lowest BCUT2D eigenvalue weighted by Gasteiger charge is -2.10. The summed E-state index contributed by atoms with van der Waals surface area (Å²) in [5.74, 6) is -0.354. The van der Waals surface area contributed by atoms with E-state index in [1.807, 2.05) is 0 Å². The quantitative estimate of drug-likeness (QED) is 0.754. The highest BCUT2D eigenvalue weighted by Gasteiger charge is 2.21. The summed E-state index contributed by atoms with van der Waals surface area (Å²) < 4.78 is 13.4. The van der Waals surface area contributed by atoms with Crippen molar-refractivity contribution in [2.75, 3.05) is 6.61 Å². The van der Waals surface area contributed by atoms with Crippen molar-refractivity contribution in [3.8, 4) is 0 Å². The van der Waals surface area contributed by atoms with E-state index in [4.69, 9.17) is 16.4 Å². The summed E-state index contributed by atoms with van der Waals surface area (Å²) >= 11 is 5.65. The summed E-state index contributed by atoms with van der Waals surface area (Å²) in [4.78, 5) is 4.95. The Morgan fingerprint density at radius 2 is 2.38 bits per heavy atom. The minimum atomic E-state index is -0.354. The fraction of sp³-hybridized carbons (Fsp3) is 0.333. The first-order valence-corrected chi connectivity index (χ1v) is 4.48. The standard InChI is InChI=1S/C9H9ClFNO/c10-7-3-1-2-6(9(7)11)8-4-5-13-12-8/h1-3,8,12H,4-5H2. The van der Waals surface area contributed by atoms with Crippen molar-refractivity contribution in [1.82, 2.24) is 5.48 Å². The molecule has 1 aromatic rings. The molecule has 1 aromatic carbocycles. The zero-order valence-corrected chi connectivity index (χ0v) is 7.64. The Labute approximate surface area is 80.6 Å². The van der Waals surface area contributed by atoms with E-state index in [1.165, 1.54) is 6.07 Å². The van der Waals surface area contributed by atoms with E-state index in [0.29, 0.717) is 12.2 Å². The van der Waals surface area contributed by atoms with Gasteiger partial charge >= 0.3 is 0 Å². The fourth-order valence-electron chi connectivity index (χ4n) is 1.40. The number of rotatable bonds is 1. The number of halogens is 2. The summed E-state index contributed by atoms with van der Waals surface area (Å²) in [6, 6.07) is 4.92. The van der Waals surface area contributed by atoms with Gasteiger partial charge in [0.05, 0.1) is 17.7 Å². The highest BCUT2D eigenvalue weighted by Crippen LogP contribution is 2.27. The first-order chi connectivity index (χ1) is 6.29. The fourth-order valence-corrected chi connectivity index (χ4v) is 1.59. The van der Waals surface area contributed by atoms with E-state index in [-0.39, 0.29) is 16.9 Å². The van der Waals surface area contributed by atoms with Crippen LogP contribution >= 0.6 is 11.6 Å². The number of benzene rings is 1. The molecule has 0 radical (unpaired) electrons. The lowest BCUT2D eigenvalue weighted by Crippen LogP contribution is -2.12. The number of hydrogen-bond donors (Lipinski definition) is 1. The average molecular weight is 202 g/mol. The number of hydrogen-bond acceptors (Lipinski definition) is 2. The molecule has 1 atom stereocenters. The van der Waals surface area contributed by atoms with Crippen molar-refractivity contribution in [2.45, 2.75) is 12.5 Å². The zero-order valence-electron chi connectivity index (χ0n) is 6.89. The molecule has 0 bridgehead atoms. The van der Waals surface area contributed by atoms with Crippen LogP contribution in [0.5, 0.6) is 0 Å². The zero-order chi connectivity index (χ0) is 9.26. The van der Waals surface area contributed by atoms with Crippen molar-refractivity contribution in [1.29, 1.82) is 0 Å². The molecule has 1 heterocycles. The SMILES string of the molecule is Fc1c(Cl)cccc1C1CCON1. The Morgan fingerprint density at radius 1 is 1.54 bits per heavy atom. The van der Waals surface area contributed by atoms with Crippen LogP contribution in [0.3, 0.4) is 0 Å². The summed E-state index contributed by atoms with van der Waals surface area (Å²) in [5, 5.41) is 0.159. The van der Waals surface area contributed by atoms with Crippen molar-refractivity contribution in [3.63, 3.8) is 0 Å². The molecule has 0 aromatic heterocycles. The number of hydroxylamine groups is 1. The summed E-state index contributed by atoms with van der Waals surface area (Å²) in [7, 11) is 0. The predicted molar refractivity (Wildman–Crippen MR) is 47.9 cm³/mol. The summed E-state index contributed by atoms with van der Waals surface area (Å²) in [6.07, 6.45) is 0.775. The minimum absolute atomic E-state index is 0.0706. The molecule has 2 nitrogen and oxygen atoms in total. The van der Waals surface area contributed by atoms with Crippen molar-refractivity contribution >= 4 is 11.6 Å². The second-order valence-corrected chi connectivity index (χ2v) is 3.36. The van der Waals surface area contributed by atoms with Crippen LogP contribution < -0.4 is 5.48 Å².